The van der Waals surface area contributed by atoms with Crippen LogP contribution in [-0.4, -0.2) is 27.6 Å². The molecule has 0 spiro atoms. The number of methoxy groups -OCH3 is 1. The second kappa shape index (κ2) is 5.21. The first-order valence-corrected chi connectivity index (χ1v) is 7.28. The van der Waals surface area contributed by atoms with Crippen LogP contribution >= 0.6 is 11.3 Å². The second-order valence-corrected chi connectivity index (χ2v) is 5.60. The Morgan fingerprint density at radius 3 is 2.95 bits per heavy atom. The minimum absolute atomic E-state index is 0.00254. The fourth-order valence-corrected chi connectivity index (χ4v) is 3.16. The summed E-state index contributed by atoms with van der Waals surface area (Å²) in [6.07, 6.45) is 1.88. The molecule has 0 bridgehead atoms. The first kappa shape index (κ1) is 13.6. The molecule has 1 N–H and O–H groups in total. The molecule has 0 saturated heterocycles. The number of carboxylic acid groups (broad SMARTS) is 1. The van der Waals surface area contributed by atoms with E-state index < -0.39 is 5.97 Å². The molecule has 0 aliphatic rings. The average Bonchev–Trinajstić information content (AvgIpc) is 3.00. The van der Waals surface area contributed by atoms with Crippen molar-refractivity contribution in [2.45, 2.75) is 13.3 Å². The van der Waals surface area contributed by atoms with Crippen LogP contribution in [0.25, 0.3) is 16.2 Å². The highest BCUT2D eigenvalue weighted by molar-refractivity contribution is 7.15. The zero-order chi connectivity index (χ0) is 15.0. The number of aromatic nitrogens is 2. The smallest absolute Gasteiger partial charge is 0.309 e. The molecule has 0 fully saturated rings. The topological polar surface area (TPSA) is 63.8 Å². The number of carboxylic acids is 1. The quantitative estimate of drug-likeness (QED) is 0.804. The molecule has 6 heteroatoms. The molecule has 108 valence electrons. The molecule has 1 aromatic carbocycles. The lowest BCUT2D eigenvalue weighted by Crippen LogP contribution is -2.02. The van der Waals surface area contributed by atoms with Gasteiger partial charge in [0.2, 0.25) is 0 Å². The molecule has 2 aromatic heterocycles. The summed E-state index contributed by atoms with van der Waals surface area (Å²) in [5.41, 5.74) is 3.60. The molecule has 0 saturated carbocycles. The zero-order valence-corrected chi connectivity index (χ0v) is 12.5. The Labute approximate surface area is 125 Å². The van der Waals surface area contributed by atoms with E-state index in [-0.39, 0.29) is 6.42 Å². The molecule has 0 amide bonds. The van der Waals surface area contributed by atoms with E-state index in [4.69, 9.17) is 9.84 Å². The molecule has 0 atom stereocenters. The van der Waals surface area contributed by atoms with E-state index >= 15 is 0 Å². The van der Waals surface area contributed by atoms with Gasteiger partial charge in [-0.25, -0.2) is 4.98 Å². The van der Waals surface area contributed by atoms with Crippen molar-refractivity contribution in [3.63, 3.8) is 0 Å². The van der Waals surface area contributed by atoms with Crippen LogP contribution in [0.4, 0.5) is 0 Å². The molecule has 0 radical (unpaired) electrons. The maximum Gasteiger partial charge on any atom is 0.309 e. The van der Waals surface area contributed by atoms with Gasteiger partial charge in [-0.3, -0.25) is 9.20 Å². The number of aliphatic carboxylic acids is 1. The SMILES string of the molecule is COc1ccc(-c2cn3c(CC(=O)O)csc3n2)cc1C. The minimum atomic E-state index is -0.842. The van der Waals surface area contributed by atoms with Crippen LogP contribution in [0.15, 0.2) is 29.8 Å². The van der Waals surface area contributed by atoms with Crippen molar-refractivity contribution < 1.29 is 14.6 Å². The van der Waals surface area contributed by atoms with Gasteiger partial charge in [-0.1, -0.05) is 0 Å². The standard InChI is InChI=1S/C15H14N2O3S/c1-9-5-10(3-4-13(9)20-2)12-7-17-11(6-14(18)19)8-21-15(17)16-12/h3-5,7-8H,6H2,1-2H3,(H,18,19). The Morgan fingerprint density at radius 2 is 2.29 bits per heavy atom. The van der Waals surface area contributed by atoms with Gasteiger partial charge in [-0.2, -0.15) is 0 Å². The lowest BCUT2D eigenvalue weighted by Gasteiger charge is -2.05. The molecule has 3 aromatic rings. The Kier molecular flexibility index (Phi) is 3.39. The highest BCUT2D eigenvalue weighted by Crippen LogP contribution is 2.27. The summed E-state index contributed by atoms with van der Waals surface area (Å²) in [5, 5.41) is 10.8. The molecule has 5 nitrogen and oxygen atoms in total. The van der Waals surface area contributed by atoms with Gasteiger partial charge in [0.25, 0.3) is 0 Å². The van der Waals surface area contributed by atoms with Crippen LogP contribution in [0.5, 0.6) is 5.75 Å². The number of hydrogen-bond acceptors (Lipinski definition) is 4. The summed E-state index contributed by atoms with van der Waals surface area (Å²) < 4.78 is 7.09. The van der Waals surface area contributed by atoms with Crippen molar-refractivity contribution >= 4 is 22.3 Å². The van der Waals surface area contributed by atoms with Gasteiger partial charge in [-0.15, -0.1) is 11.3 Å². The Hall–Kier alpha value is -2.34. The minimum Gasteiger partial charge on any atom is -0.496 e. The van der Waals surface area contributed by atoms with Crippen LogP contribution in [0.2, 0.25) is 0 Å². The Morgan fingerprint density at radius 1 is 1.48 bits per heavy atom. The van der Waals surface area contributed by atoms with Crippen LogP contribution in [0.1, 0.15) is 11.3 Å². The lowest BCUT2D eigenvalue weighted by atomic mass is 10.1. The van der Waals surface area contributed by atoms with E-state index in [1.54, 1.807) is 7.11 Å². The van der Waals surface area contributed by atoms with Crippen molar-refractivity contribution in [2.75, 3.05) is 7.11 Å². The monoisotopic (exact) mass is 302 g/mol. The average molecular weight is 302 g/mol. The predicted octanol–water partition coefficient (Wildman–Crippen LogP) is 3.01. The first-order chi connectivity index (χ1) is 10.1. The number of benzene rings is 1. The lowest BCUT2D eigenvalue weighted by molar-refractivity contribution is -0.136. The maximum atomic E-state index is 10.9. The normalized spacial score (nSPS) is 11.0. The number of fused-ring (bicyclic) bond motifs is 1. The van der Waals surface area contributed by atoms with Crippen LogP contribution in [0.3, 0.4) is 0 Å². The van der Waals surface area contributed by atoms with E-state index in [0.717, 1.165) is 33.2 Å². The highest BCUT2D eigenvalue weighted by Gasteiger charge is 2.12. The molecule has 3 rings (SSSR count). The number of thiazole rings is 1. The van der Waals surface area contributed by atoms with Gasteiger partial charge < -0.3 is 9.84 Å². The molecule has 0 aliphatic carbocycles. The molecule has 0 unspecified atom stereocenters. The first-order valence-electron chi connectivity index (χ1n) is 6.41. The Bertz CT molecular complexity index is 820. The van der Waals surface area contributed by atoms with Gasteiger partial charge in [0.05, 0.1) is 19.2 Å². The van der Waals surface area contributed by atoms with Gasteiger partial charge in [0.15, 0.2) is 4.96 Å². The largest absolute Gasteiger partial charge is 0.496 e. The summed E-state index contributed by atoms with van der Waals surface area (Å²) >= 11 is 1.45. The van der Waals surface area contributed by atoms with Gasteiger partial charge in [0.1, 0.15) is 5.75 Å². The number of ether oxygens (including phenoxy) is 1. The fourth-order valence-electron chi connectivity index (χ4n) is 2.29. The van der Waals surface area contributed by atoms with E-state index in [1.807, 2.05) is 41.1 Å². The zero-order valence-electron chi connectivity index (χ0n) is 11.7. The maximum absolute atomic E-state index is 10.9. The van der Waals surface area contributed by atoms with Gasteiger partial charge in [-0.05, 0) is 30.7 Å². The molecular formula is C15H14N2O3S. The van der Waals surface area contributed by atoms with Crippen molar-refractivity contribution in [3.05, 3.63) is 41.0 Å². The Balaban J connectivity index is 2.03. The third kappa shape index (κ3) is 2.50. The van der Waals surface area contributed by atoms with Crippen LogP contribution in [0, 0.1) is 6.92 Å². The van der Waals surface area contributed by atoms with Gasteiger partial charge >= 0.3 is 5.97 Å². The number of carbonyl (C=O) groups is 1. The van der Waals surface area contributed by atoms with Crippen molar-refractivity contribution in [1.29, 1.82) is 0 Å². The summed E-state index contributed by atoms with van der Waals surface area (Å²) in [7, 11) is 1.65. The summed E-state index contributed by atoms with van der Waals surface area (Å²) in [5.74, 6) is -0.00317. The van der Waals surface area contributed by atoms with E-state index in [0.29, 0.717) is 0 Å². The third-order valence-electron chi connectivity index (χ3n) is 3.31. The number of hydrogen-bond donors (Lipinski definition) is 1. The van der Waals surface area contributed by atoms with E-state index in [9.17, 15) is 4.79 Å². The fraction of sp³-hybridized carbons (Fsp3) is 0.200. The number of aryl methyl sites for hydroxylation is 1. The number of imidazole rings is 1. The van der Waals surface area contributed by atoms with Crippen LogP contribution < -0.4 is 4.74 Å². The van der Waals surface area contributed by atoms with Crippen LogP contribution in [-0.2, 0) is 11.2 Å². The summed E-state index contributed by atoms with van der Waals surface area (Å²) in [6.45, 7) is 1.98. The van der Waals surface area contributed by atoms with Crippen molar-refractivity contribution in [2.24, 2.45) is 0 Å². The third-order valence-corrected chi connectivity index (χ3v) is 4.20. The van der Waals surface area contributed by atoms with Crippen molar-refractivity contribution in [1.82, 2.24) is 9.38 Å². The molecule has 21 heavy (non-hydrogen) atoms. The van der Waals surface area contributed by atoms with E-state index in [2.05, 4.69) is 4.98 Å². The van der Waals surface area contributed by atoms with Gasteiger partial charge in [0, 0.05) is 22.8 Å². The predicted molar refractivity (Wildman–Crippen MR) is 81.1 cm³/mol. The molecule has 2 heterocycles. The summed E-state index contributed by atoms with van der Waals surface area (Å²) in [6, 6.07) is 5.88. The van der Waals surface area contributed by atoms with E-state index in [1.165, 1.54) is 11.3 Å². The number of nitrogens with zero attached hydrogens (tertiary/aromatic N) is 2. The highest BCUT2D eigenvalue weighted by atomic mass is 32.1. The summed E-state index contributed by atoms with van der Waals surface area (Å²) in [4.78, 5) is 16.2. The molecule has 0 aliphatic heterocycles. The van der Waals surface area contributed by atoms with Crippen molar-refractivity contribution in [3.8, 4) is 17.0 Å². The second-order valence-electron chi connectivity index (χ2n) is 4.76. The number of rotatable bonds is 4. The molecular weight excluding hydrogens is 288 g/mol.